The highest BCUT2D eigenvalue weighted by atomic mass is 35.5. The quantitative estimate of drug-likeness (QED) is 0.784. The van der Waals surface area contributed by atoms with Gasteiger partial charge in [-0.3, -0.25) is 4.79 Å². The molecule has 2 aliphatic heterocycles. The molecule has 29 heavy (non-hydrogen) atoms. The predicted molar refractivity (Wildman–Crippen MR) is 121 cm³/mol. The molecule has 1 saturated heterocycles. The van der Waals surface area contributed by atoms with Crippen molar-refractivity contribution in [2.75, 3.05) is 26.2 Å². The molecule has 0 aromatic heterocycles. The molecule has 2 heterocycles. The van der Waals surface area contributed by atoms with Crippen molar-refractivity contribution >= 4 is 24.4 Å². The summed E-state index contributed by atoms with van der Waals surface area (Å²) >= 11 is 0. The molecule has 0 radical (unpaired) electrons. The van der Waals surface area contributed by atoms with Gasteiger partial charge in [0.05, 0.1) is 6.61 Å². The van der Waals surface area contributed by atoms with E-state index in [-0.39, 0.29) is 18.3 Å². The second kappa shape index (κ2) is 9.95. The standard InChI is InChI=1S/C24H28N2O2.ClH/c1-17-2-4-19(5-3-17)20-6-7-23-22(14-20)15-21(10-13-28-23)24(27)26-16-18-8-11-25-12-9-18;/h2-7,14-15,18,25H,8-13,16H2,1H3,(H,26,27);1H. The first-order valence-corrected chi connectivity index (χ1v) is 10.2. The summed E-state index contributed by atoms with van der Waals surface area (Å²) in [6.45, 7) is 5.48. The third-order valence-electron chi connectivity index (χ3n) is 5.66. The second-order valence-electron chi connectivity index (χ2n) is 7.79. The molecule has 1 amide bonds. The van der Waals surface area contributed by atoms with E-state index in [4.69, 9.17) is 4.74 Å². The van der Waals surface area contributed by atoms with Crippen LogP contribution in [-0.4, -0.2) is 32.1 Å². The topological polar surface area (TPSA) is 50.4 Å². The molecule has 0 saturated carbocycles. The third kappa shape index (κ3) is 5.40. The van der Waals surface area contributed by atoms with Crippen LogP contribution in [0, 0.1) is 12.8 Å². The smallest absolute Gasteiger partial charge is 0.247 e. The van der Waals surface area contributed by atoms with E-state index in [0.29, 0.717) is 18.9 Å². The number of hydrogen-bond donors (Lipinski definition) is 2. The van der Waals surface area contributed by atoms with Gasteiger partial charge in [-0.15, -0.1) is 12.4 Å². The Kier molecular flexibility index (Phi) is 7.34. The van der Waals surface area contributed by atoms with Crippen LogP contribution in [0.2, 0.25) is 0 Å². The van der Waals surface area contributed by atoms with Crippen LogP contribution in [0.25, 0.3) is 17.2 Å². The number of benzene rings is 2. The molecular weight excluding hydrogens is 384 g/mol. The molecule has 0 bridgehead atoms. The van der Waals surface area contributed by atoms with Crippen molar-refractivity contribution < 1.29 is 9.53 Å². The van der Waals surface area contributed by atoms with Gasteiger partial charge in [-0.1, -0.05) is 35.9 Å². The van der Waals surface area contributed by atoms with Crippen LogP contribution in [0.4, 0.5) is 0 Å². The predicted octanol–water partition coefficient (Wildman–Crippen LogP) is 4.37. The normalized spacial score (nSPS) is 16.5. The number of aryl methyl sites for hydroxylation is 1. The Balaban J connectivity index is 0.00000240. The summed E-state index contributed by atoms with van der Waals surface area (Å²) < 4.78 is 5.89. The van der Waals surface area contributed by atoms with Crippen molar-refractivity contribution in [3.05, 3.63) is 59.2 Å². The van der Waals surface area contributed by atoms with E-state index in [0.717, 1.165) is 54.9 Å². The Morgan fingerprint density at radius 1 is 1.10 bits per heavy atom. The highest BCUT2D eigenvalue weighted by Gasteiger charge is 2.18. The number of amides is 1. The van der Waals surface area contributed by atoms with Gasteiger partial charge < -0.3 is 15.4 Å². The minimum atomic E-state index is 0. The summed E-state index contributed by atoms with van der Waals surface area (Å²) in [5.41, 5.74) is 5.32. The Morgan fingerprint density at radius 2 is 1.83 bits per heavy atom. The highest BCUT2D eigenvalue weighted by molar-refractivity contribution is 5.98. The molecule has 1 fully saturated rings. The van der Waals surface area contributed by atoms with Crippen molar-refractivity contribution in [2.45, 2.75) is 26.2 Å². The first-order valence-electron chi connectivity index (χ1n) is 10.2. The Bertz CT molecular complexity index is 871. The molecule has 4 nitrogen and oxygen atoms in total. The minimum absolute atomic E-state index is 0. The molecule has 0 atom stereocenters. The summed E-state index contributed by atoms with van der Waals surface area (Å²) in [7, 11) is 0. The molecule has 0 aliphatic carbocycles. The van der Waals surface area contributed by atoms with Crippen molar-refractivity contribution in [1.29, 1.82) is 0 Å². The summed E-state index contributed by atoms with van der Waals surface area (Å²) in [6.07, 6.45) is 4.89. The maximum Gasteiger partial charge on any atom is 0.247 e. The van der Waals surface area contributed by atoms with E-state index in [1.54, 1.807) is 0 Å². The van der Waals surface area contributed by atoms with E-state index >= 15 is 0 Å². The maximum absolute atomic E-state index is 12.7. The number of carbonyl (C=O) groups is 1. The highest BCUT2D eigenvalue weighted by Crippen LogP contribution is 2.31. The van der Waals surface area contributed by atoms with Crippen molar-refractivity contribution in [2.24, 2.45) is 5.92 Å². The molecule has 2 aromatic rings. The second-order valence-corrected chi connectivity index (χ2v) is 7.79. The fraction of sp³-hybridized carbons (Fsp3) is 0.375. The fourth-order valence-corrected chi connectivity index (χ4v) is 3.86. The lowest BCUT2D eigenvalue weighted by atomic mass is 9.97. The van der Waals surface area contributed by atoms with Crippen LogP contribution in [0.15, 0.2) is 48.0 Å². The molecule has 154 valence electrons. The van der Waals surface area contributed by atoms with Crippen LogP contribution < -0.4 is 15.4 Å². The van der Waals surface area contributed by atoms with E-state index < -0.39 is 0 Å². The van der Waals surface area contributed by atoms with E-state index in [1.807, 2.05) is 12.1 Å². The molecular formula is C24H29ClN2O2. The number of fused-ring (bicyclic) bond motifs is 1. The molecule has 0 spiro atoms. The van der Waals surface area contributed by atoms with Gasteiger partial charge in [-0.2, -0.15) is 0 Å². The van der Waals surface area contributed by atoms with Gasteiger partial charge in [0.1, 0.15) is 5.75 Å². The van der Waals surface area contributed by atoms with Gasteiger partial charge in [0.2, 0.25) is 5.91 Å². The number of nitrogens with one attached hydrogen (secondary N) is 2. The monoisotopic (exact) mass is 412 g/mol. The maximum atomic E-state index is 12.7. The van der Waals surface area contributed by atoms with Crippen molar-refractivity contribution in [3.8, 4) is 16.9 Å². The van der Waals surface area contributed by atoms with Crippen molar-refractivity contribution in [3.63, 3.8) is 0 Å². The SMILES string of the molecule is Cc1ccc(-c2ccc3c(c2)C=C(C(=O)NCC2CCNCC2)CCO3)cc1.Cl. The lowest BCUT2D eigenvalue weighted by Crippen LogP contribution is -2.36. The van der Waals surface area contributed by atoms with Gasteiger partial charge in [0.15, 0.2) is 0 Å². The largest absolute Gasteiger partial charge is 0.493 e. The van der Waals surface area contributed by atoms with Gasteiger partial charge in [0.25, 0.3) is 0 Å². The Hall–Kier alpha value is -2.30. The first-order chi connectivity index (χ1) is 13.7. The number of ether oxygens (including phenoxy) is 1. The van der Waals surface area contributed by atoms with E-state index in [2.05, 4.69) is 54.0 Å². The zero-order valence-electron chi connectivity index (χ0n) is 16.9. The molecule has 2 aromatic carbocycles. The molecule has 5 heteroatoms. The van der Waals surface area contributed by atoms with Crippen LogP contribution in [-0.2, 0) is 4.79 Å². The molecule has 4 rings (SSSR count). The molecule has 2 N–H and O–H groups in total. The van der Waals surface area contributed by atoms with E-state index in [9.17, 15) is 4.79 Å². The summed E-state index contributed by atoms with van der Waals surface area (Å²) in [6, 6.07) is 14.7. The summed E-state index contributed by atoms with van der Waals surface area (Å²) in [5.74, 6) is 1.46. The van der Waals surface area contributed by atoms with Gasteiger partial charge >= 0.3 is 0 Å². The lowest BCUT2D eigenvalue weighted by Gasteiger charge is -2.22. The van der Waals surface area contributed by atoms with Gasteiger partial charge in [0, 0.05) is 24.1 Å². The Morgan fingerprint density at radius 3 is 2.59 bits per heavy atom. The molecule has 0 unspecified atom stereocenters. The van der Waals surface area contributed by atoms with Crippen molar-refractivity contribution in [1.82, 2.24) is 10.6 Å². The zero-order valence-corrected chi connectivity index (χ0v) is 17.7. The molecule has 2 aliphatic rings. The van der Waals surface area contributed by atoms with Gasteiger partial charge in [-0.25, -0.2) is 0 Å². The number of piperidine rings is 1. The summed E-state index contributed by atoms with van der Waals surface area (Å²) in [5, 5.41) is 6.51. The zero-order chi connectivity index (χ0) is 19.3. The van der Waals surface area contributed by atoms with E-state index in [1.165, 1.54) is 11.1 Å². The lowest BCUT2D eigenvalue weighted by molar-refractivity contribution is -0.117. The number of rotatable bonds is 4. The number of carbonyl (C=O) groups excluding carboxylic acids is 1. The van der Waals surface area contributed by atoms with Crippen LogP contribution in [0.3, 0.4) is 0 Å². The third-order valence-corrected chi connectivity index (χ3v) is 5.66. The van der Waals surface area contributed by atoms with Crippen LogP contribution >= 0.6 is 12.4 Å². The van der Waals surface area contributed by atoms with Crippen LogP contribution in [0.1, 0.15) is 30.4 Å². The fourth-order valence-electron chi connectivity index (χ4n) is 3.86. The average molecular weight is 413 g/mol. The van der Waals surface area contributed by atoms with Gasteiger partial charge in [-0.05, 0) is 68.1 Å². The number of halogens is 1. The first kappa shape index (κ1) is 21.4. The number of hydrogen-bond acceptors (Lipinski definition) is 3. The average Bonchev–Trinajstić information content (AvgIpc) is 2.95. The minimum Gasteiger partial charge on any atom is -0.493 e. The summed E-state index contributed by atoms with van der Waals surface area (Å²) in [4.78, 5) is 12.7. The van der Waals surface area contributed by atoms with Crippen LogP contribution in [0.5, 0.6) is 5.75 Å². The Labute approximate surface area is 179 Å².